The average molecular weight is 449 g/mol. The highest BCUT2D eigenvalue weighted by Crippen LogP contribution is 2.25. The fourth-order valence-electron chi connectivity index (χ4n) is 4.51. The van der Waals surface area contributed by atoms with Crippen LogP contribution in [0.3, 0.4) is 0 Å². The van der Waals surface area contributed by atoms with Crippen molar-refractivity contribution >= 4 is 5.91 Å². The van der Waals surface area contributed by atoms with E-state index in [1.165, 1.54) is 5.70 Å². The number of carbonyl (C=O) groups is 1. The van der Waals surface area contributed by atoms with Crippen LogP contribution in [0.25, 0.3) is 11.3 Å². The monoisotopic (exact) mass is 448 g/mol. The third-order valence-corrected chi connectivity index (χ3v) is 6.44. The lowest BCUT2D eigenvalue weighted by Gasteiger charge is -2.37. The van der Waals surface area contributed by atoms with Gasteiger partial charge in [0.1, 0.15) is 12.4 Å². The van der Waals surface area contributed by atoms with Crippen molar-refractivity contribution < 1.29 is 9.18 Å². The van der Waals surface area contributed by atoms with Crippen molar-refractivity contribution in [2.24, 2.45) is 0 Å². The van der Waals surface area contributed by atoms with Crippen molar-refractivity contribution in [2.75, 3.05) is 26.2 Å². The minimum absolute atomic E-state index is 0.0931. The molecule has 1 fully saturated rings. The van der Waals surface area contributed by atoms with E-state index >= 15 is 0 Å². The van der Waals surface area contributed by atoms with E-state index in [1.807, 2.05) is 27.8 Å². The van der Waals surface area contributed by atoms with E-state index in [4.69, 9.17) is 5.10 Å². The van der Waals surface area contributed by atoms with Crippen LogP contribution in [0.1, 0.15) is 36.6 Å². The fraction of sp³-hybridized carbons (Fsp3) is 0.407. The first-order valence-electron chi connectivity index (χ1n) is 11.9. The van der Waals surface area contributed by atoms with Gasteiger partial charge in [-0.05, 0) is 68.5 Å². The van der Waals surface area contributed by atoms with Gasteiger partial charge in [-0.1, -0.05) is 31.2 Å². The van der Waals surface area contributed by atoms with Crippen molar-refractivity contribution in [3.8, 4) is 11.3 Å². The molecule has 0 spiro atoms. The van der Waals surface area contributed by atoms with Gasteiger partial charge in [-0.15, -0.1) is 0 Å². The summed E-state index contributed by atoms with van der Waals surface area (Å²) in [5.74, 6) is -0.0825. The molecule has 1 aromatic carbocycles. The summed E-state index contributed by atoms with van der Waals surface area (Å²) >= 11 is 0. The minimum Gasteiger partial charge on any atom is -0.368 e. The van der Waals surface area contributed by atoms with E-state index in [9.17, 15) is 9.18 Å². The molecule has 33 heavy (non-hydrogen) atoms. The summed E-state index contributed by atoms with van der Waals surface area (Å²) in [5.41, 5.74) is 5.15. The number of hydrogen-bond donors (Lipinski definition) is 0. The number of rotatable bonds is 5. The van der Waals surface area contributed by atoms with Gasteiger partial charge < -0.3 is 9.80 Å². The quantitative estimate of drug-likeness (QED) is 0.660. The second-order valence-corrected chi connectivity index (χ2v) is 8.82. The third-order valence-electron chi connectivity index (χ3n) is 6.44. The van der Waals surface area contributed by atoms with Crippen LogP contribution in [0.4, 0.5) is 4.39 Å². The Morgan fingerprint density at radius 2 is 1.76 bits per heavy atom. The molecule has 5 nitrogen and oxygen atoms in total. The summed E-state index contributed by atoms with van der Waals surface area (Å²) in [5, 5.41) is 4.72. The topological polar surface area (TPSA) is 41.4 Å². The number of piperazine rings is 1. The van der Waals surface area contributed by atoms with Gasteiger partial charge in [0.2, 0.25) is 5.91 Å². The summed E-state index contributed by atoms with van der Waals surface area (Å²) in [6, 6.07) is 5.66. The van der Waals surface area contributed by atoms with Gasteiger partial charge in [-0.25, -0.2) is 4.39 Å². The van der Waals surface area contributed by atoms with E-state index in [-0.39, 0.29) is 18.3 Å². The van der Waals surface area contributed by atoms with E-state index in [0.29, 0.717) is 24.2 Å². The van der Waals surface area contributed by atoms with Gasteiger partial charge in [0.15, 0.2) is 0 Å². The molecule has 0 atom stereocenters. The van der Waals surface area contributed by atoms with Crippen molar-refractivity contribution in [1.82, 2.24) is 19.6 Å². The molecular weight excluding hydrogens is 415 g/mol. The Morgan fingerprint density at radius 3 is 2.45 bits per heavy atom. The fourth-order valence-corrected chi connectivity index (χ4v) is 4.51. The SMILES string of the molecule is CCc1cc(-c2cc(C)c(F)c(C)c2)nn1CC(=O)N1CCN(C2=CCCC=CC=C2)CC1. The number of nitrogens with zero attached hydrogens (tertiary/aromatic N) is 4. The van der Waals surface area contributed by atoms with Crippen molar-refractivity contribution in [2.45, 2.75) is 46.6 Å². The first kappa shape index (κ1) is 23.0. The average Bonchev–Trinajstić information content (AvgIpc) is 3.20. The summed E-state index contributed by atoms with van der Waals surface area (Å²) in [7, 11) is 0. The number of aromatic nitrogens is 2. The molecule has 0 bridgehead atoms. The molecule has 0 N–H and O–H groups in total. The van der Waals surface area contributed by atoms with Crippen molar-refractivity contribution in [3.63, 3.8) is 0 Å². The van der Waals surface area contributed by atoms with Crippen molar-refractivity contribution in [3.05, 3.63) is 76.9 Å². The second-order valence-electron chi connectivity index (χ2n) is 8.82. The molecule has 2 aromatic rings. The summed E-state index contributed by atoms with van der Waals surface area (Å²) < 4.78 is 15.9. The smallest absolute Gasteiger partial charge is 0.244 e. The van der Waals surface area contributed by atoms with E-state index < -0.39 is 0 Å². The Kier molecular flexibility index (Phi) is 7.11. The van der Waals surface area contributed by atoms with Crippen LogP contribution in [0.5, 0.6) is 0 Å². The number of amides is 1. The second kappa shape index (κ2) is 10.2. The minimum atomic E-state index is -0.176. The molecule has 1 aliphatic carbocycles. The molecule has 2 aliphatic rings. The Balaban J connectivity index is 1.42. The first-order chi connectivity index (χ1) is 16.0. The van der Waals surface area contributed by atoms with Gasteiger partial charge >= 0.3 is 0 Å². The van der Waals surface area contributed by atoms with Crippen LogP contribution in [-0.2, 0) is 17.8 Å². The number of carbonyl (C=O) groups excluding carboxylic acids is 1. The molecule has 4 rings (SSSR count). The standard InChI is InChI=1S/C27H33FN4O/c1-4-23-18-25(22-16-20(2)27(28)21(3)17-22)29-32(23)19-26(33)31-14-12-30(13-15-31)24-10-8-6-5-7-9-11-24/h5-6,8,10-11,16-18H,4,7,9,12-15,19H2,1-3H3. The van der Waals surface area contributed by atoms with E-state index in [0.717, 1.165) is 49.3 Å². The molecule has 1 aromatic heterocycles. The Morgan fingerprint density at radius 1 is 1.03 bits per heavy atom. The van der Waals surface area contributed by atoms with Crippen LogP contribution < -0.4 is 0 Å². The lowest BCUT2D eigenvalue weighted by Crippen LogP contribution is -2.49. The maximum absolute atomic E-state index is 14.1. The zero-order chi connectivity index (χ0) is 23.4. The normalized spacial score (nSPS) is 16.5. The lowest BCUT2D eigenvalue weighted by molar-refractivity contribution is -0.133. The highest BCUT2D eigenvalue weighted by Gasteiger charge is 2.23. The molecule has 0 radical (unpaired) electrons. The maximum atomic E-state index is 14.1. The Bertz CT molecular complexity index is 1080. The molecule has 6 heteroatoms. The van der Waals surface area contributed by atoms with Gasteiger partial charge in [0.25, 0.3) is 0 Å². The van der Waals surface area contributed by atoms with Crippen LogP contribution >= 0.6 is 0 Å². The molecule has 0 unspecified atom stereocenters. The van der Waals surface area contributed by atoms with Crippen LogP contribution in [0.15, 0.2) is 54.3 Å². The highest BCUT2D eigenvalue weighted by atomic mass is 19.1. The predicted octanol–water partition coefficient (Wildman–Crippen LogP) is 4.80. The number of allylic oxidation sites excluding steroid dienone is 5. The number of halogens is 1. The molecule has 1 aliphatic heterocycles. The molecule has 2 heterocycles. The van der Waals surface area contributed by atoms with Crippen LogP contribution in [0.2, 0.25) is 0 Å². The molecule has 174 valence electrons. The van der Waals surface area contributed by atoms with E-state index in [1.54, 1.807) is 13.8 Å². The molecule has 0 saturated carbocycles. The molecule has 1 amide bonds. The third kappa shape index (κ3) is 5.27. The summed E-state index contributed by atoms with van der Waals surface area (Å²) in [4.78, 5) is 17.4. The predicted molar refractivity (Wildman–Crippen MR) is 130 cm³/mol. The van der Waals surface area contributed by atoms with Crippen LogP contribution in [-0.4, -0.2) is 51.7 Å². The first-order valence-corrected chi connectivity index (χ1v) is 11.9. The number of hydrogen-bond acceptors (Lipinski definition) is 3. The van der Waals surface area contributed by atoms with Gasteiger partial charge in [-0.3, -0.25) is 9.48 Å². The van der Waals surface area contributed by atoms with Gasteiger partial charge in [-0.2, -0.15) is 5.10 Å². The van der Waals surface area contributed by atoms with Crippen LogP contribution in [0, 0.1) is 19.7 Å². The largest absolute Gasteiger partial charge is 0.368 e. The zero-order valence-electron chi connectivity index (χ0n) is 19.9. The zero-order valence-corrected chi connectivity index (χ0v) is 19.9. The Hall–Kier alpha value is -3.15. The maximum Gasteiger partial charge on any atom is 0.244 e. The number of benzene rings is 1. The van der Waals surface area contributed by atoms with E-state index in [2.05, 4.69) is 42.2 Å². The Labute approximate surface area is 195 Å². The summed E-state index contributed by atoms with van der Waals surface area (Å²) in [6.45, 7) is 8.94. The summed E-state index contributed by atoms with van der Waals surface area (Å²) in [6.07, 6.45) is 13.7. The molecular formula is C27H33FN4O. The van der Waals surface area contributed by atoms with Gasteiger partial charge in [0.05, 0.1) is 5.69 Å². The number of aryl methyl sites for hydroxylation is 3. The van der Waals surface area contributed by atoms with Gasteiger partial charge in [0, 0.05) is 43.1 Å². The van der Waals surface area contributed by atoms with Crippen molar-refractivity contribution in [1.29, 1.82) is 0 Å². The lowest BCUT2D eigenvalue weighted by atomic mass is 10.0. The molecule has 1 saturated heterocycles. The highest BCUT2D eigenvalue weighted by molar-refractivity contribution is 5.76.